The summed E-state index contributed by atoms with van der Waals surface area (Å²) in [6, 6.07) is 6.09. The highest BCUT2D eigenvalue weighted by Crippen LogP contribution is 2.28. The molecule has 1 aliphatic heterocycles. The van der Waals surface area contributed by atoms with Crippen LogP contribution in [0.5, 0.6) is 0 Å². The van der Waals surface area contributed by atoms with Crippen LogP contribution in [0.15, 0.2) is 24.3 Å². The lowest BCUT2D eigenvalue weighted by Gasteiger charge is -2.33. The van der Waals surface area contributed by atoms with Crippen LogP contribution in [-0.2, 0) is 4.79 Å². The molecule has 0 aliphatic carbocycles. The molecule has 0 radical (unpaired) electrons. The Balaban J connectivity index is 1.95. The molecule has 2 heterocycles. The number of carboxylic acid groups (broad SMARTS) is 1. The zero-order valence-electron chi connectivity index (χ0n) is 15.1. The number of halogens is 1. The topological polar surface area (TPSA) is 97.1 Å². The molecule has 0 bridgehead atoms. The molecule has 0 unspecified atom stereocenters. The predicted molar refractivity (Wildman–Crippen MR) is 99.8 cm³/mol. The molecule has 1 amide bonds. The van der Waals surface area contributed by atoms with Gasteiger partial charge in [0.2, 0.25) is 5.82 Å². The van der Waals surface area contributed by atoms with Gasteiger partial charge in [-0.25, -0.2) is 18.9 Å². The normalized spacial score (nSPS) is 16.3. The summed E-state index contributed by atoms with van der Waals surface area (Å²) in [4.78, 5) is 28.7. The third-order valence-electron chi connectivity index (χ3n) is 4.54. The van der Waals surface area contributed by atoms with Crippen LogP contribution < -0.4 is 5.32 Å². The van der Waals surface area contributed by atoms with E-state index < -0.39 is 23.2 Å². The fraction of sp³-hybridized carbons (Fsp3) is 0.444. The Bertz CT molecular complexity index is 862. The Morgan fingerprint density at radius 2 is 1.96 bits per heavy atom. The molecule has 7 nitrogen and oxygen atoms in total. The molecule has 144 valence electrons. The number of aliphatic carboxylic acids is 1. The number of carbonyl (C=O) groups is 2. The summed E-state index contributed by atoms with van der Waals surface area (Å²) in [6.07, 6.45) is 0.674. The van der Waals surface area contributed by atoms with E-state index in [4.69, 9.17) is 0 Å². The lowest BCUT2D eigenvalue weighted by Crippen LogP contribution is -2.56. The molecule has 27 heavy (non-hydrogen) atoms. The van der Waals surface area contributed by atoms with Gasteiger partial charge in [-0.2, -0.15) is 11.8 Å². The Labute approximate surface area is 160 Å². The van der Waals surface area contributed by atoms with Crippen LogP contribution >= 0.6 is 11.8 Å². The second-order valence-corrected chi connectivity index (χ2v) is 7.99. The maximum Gasteiger partial charge on any atom is 0.329 e. The van der Waals surface area contributed by atoms with Gasteiger partial charge < -0.3 is 10.4 Å². The smallest absolute Gasteiger partial charge is 0.329 e. The van der Waals surface area contributed by atoms with Crippen LogP contribution in [0.4, 0.5) is 4.39 Å². The molecule has 2 N–H and O–H groups in total. The van der Waals surface area contributed by atoms with Crippen molar-refractivity contribution in [1.29, 1.82) is 0 Å². The van der Waals surface area contributed by atoms with Gasteiger partial charge in [-0.3, -0.25) is 4.79 Å². The molecule has 2 aromatic rings. The molecule has 1 saturated heterocycles. The van der Waals surface area contributed by atoms with Gasteiger partial charge in [-0.05, 0) is 36.5 Å². The molecule has 1 aliphatic rings. The SMILES string of the molecule is CC(C)c1nc(C(=O)NC2(C(=O)O)CCSCC2)nn1-c1ccccc1F. The summed E-state index contributed by atoms with van der Waals surface area (Å²) < 4.78 is 15.5. The molecule has 3 rings (SSSR count). The van der Waals surface area contributed by atoms with Crippen LogP contribution in [0.1, 0.15) is 49.1 Å². The third-order valence-corrected chi connectivity index (χ3v) is 5.53. The van der Waals surface area contributed by atoms with E-state index in [1.54, 1.807) is 30.0 Å². The maximum atomic E-state index is 14.2. The number of aromatic nitrogens is 3. The molecule has 0 atom stereocenters. The van der Waals surface area contributed by atoms with Gasteiger partial charge in [0, 0.05) is 5.92 Å². The first-order chi connectivity index (χ1) is 12.8. The molecule has 0 saturated carbocycles. The molecule has 0 spiro atoms. The van der Waals surface area contributed by atoms with Crippen LogP contribution in [0.25, 0.3) is 5.69 Å². The molecular weight excluding hydrogens is 371 g/mol. The summed E-state index contributed by atoms with van der Waals surface area (Å²) in [6.45, 7) is 3.72. The zero-order valence-corrected chi connectivity index (χ0v) is 15.9. The number of carbonyl (C=O) groups excluding carboxylic acids is 1. The van der Waals surface area contributed by atoms with Crippen molar-refractivity contribution >= 4 is 23.6 Å². The van der Waals surface area contributed by atoms with Crippen molar-refractivity contribution in [1.82, 2.24) is 20.1 Å². The first-order valence-electron chi connectivity index (χ1n) is 8.69. The van der Waals surface area contributed by atoms with Crippen molar-refractivity contribution in [3.63, 3.8) is 0 Å². The second kappa shape index (κ2) is 7.67. The lowest BCUT2D eigenvalue weighted by molar-refractivity contribution is -0.144. The predicted octanol–water partition coefficient (Wildman–Crippen LogP) is 2.61. The zero-order chi connectivity index (χ0) is 19.6. The van der Waals surface area contributed by atoms with Gasteiger partial charge in [0.15, 0.2) is 0 Å². The van der Waals surface area contributed by atoms with Gasteiger partial charge in [-0.15, -0.1) is 5.10 Å². The number of nitrogens with zero attached hydrogens (tertiary/aromatic N) is 3. The fourth-order valence-electron chi connectivity index (χ4n) is 2.98. The van der Waals surface area contributed by atoms with Crippen molar-refractivity contribution < 1.29 is 19.1 Å². The number of thioether (sulfide) groups is 1. The Hall–Kier alpha value is -2.42. The summed E-state index contributed by atoms with van der Waals surface area (Å²) in [5.41, 5.74) is -1.13. The van der Waals surface area contributed by atoms with Crippen molar-refractivity contribution in [2.24, 2.45) is 0 Å². The van der Waals surface area contributed by atoms with E-state index in [2.05, 4.69) is 15.4 Å². The number of carboxylic acids is 1. The van der Waals surface area contributed by atoms with Gasteiger partial charge in [0.05, 0.1) is 0 Å². The Morgan fingerprint density at radius 3 is 2.56 bits per heavy atom. The van der Waals surface area contributed by atoms with Gasteiger partial charge in [-0.1, -0.05) is 26.0 Å². The van der Waals surface area contributed by atoms with Crippen LogP contribution in [-0.4, -0.2) is 48.8 Å². The number of rotatable bonds is 5. The van der Waals surface area contributed by atoms with E-state index in [0.29, 0.717) is 30.2 Å². The number of hydrogen-bond acceptors (Lipinski definition) is 5. The maximum absolute atomic E-state index is 14.2. The van der Waals surface area contributed by atoms with E-state index >= 15 is 0 Å². The average molecular weight is 392 g/mol. The minimum absolute atomic E-state index is 0.113. The monoisotopic (exact) mass is 392 g/mol. The second-order valence-electron chi connectivity index (χ2n) is 6.77. The van der Waals surface area contributed by atoms with E-state index in [0.717, 1.165) is 0 Å². The van der Waals surface area contributed by atoms with E-state index in [1.807, 2.05) is 13.8 Å². The van der Waals surface area contributed by atoms with E-state index in [9.17, 15) is 19.1 Å². The number of para-hydroxylation sites is 1. The number of amides is 1. The van der Waals surface area contributed by atoms with Gasteiger partial charge >= 0.3 is 5.97 Å². The van der Waals surface area contributed by atoms with Gasteiger partial charge in [0.25, 0.3) is 5.91 Å². The summed E-state index contributed by atoms with van der Waals surface area (Å²) in [5, 5.41) is 16.4. The Morgan fingerprint density at radius 1 is 1.30 bits per heavy atom. The quantitative estimate of drug-likeness (QED) is 0.812. The average Bonchev–Trinajstić information content (AvgIpc) is 3.08. The minimum atomic E-state index is -1.32. The van der Waals surface area contributed by atoms with Crippen LogP contribution in [0, 0.1) is 5.82 Å². The van der Waals surface area contributed by atoms with Crippen LogP contribution in [0.3, 0.4) is 0 Å². The first-order valence-corrected chi connectivity index (χ1v) is 9.85. The largest absolute Gasteiger partial charge is 0.480 e. The Kier molecular flexibility index (Phi) is 5.50. The fourth-order valence-corrected chi connectivity index (χ4v) is 4.17. The highest BCUT2D eigenvalue weighted by Gasteiger charge is 2.42. The lowest BCUT2D eigenvalue weighted by atomic mass is 9.92. The number of nitrogens with one attached hydrogen (secondary N) is 1. The highest BCUT2D eigenvalue weighted by molar-refractivity contribution is 7.99. The summed E-state index contributed by atoms with van der Waals surface area (Å²) in [7, 11) is 0. The van der Waals surface area contributed by atoms with E-state index in [-0.39, 0.29) is 17.4 Å². The first kappa shape index (κ1) is 19.3. The van der Waals surface area contributed by atoms with E-state index in [1.165, 1.54) is 10.7 Å². The van der Waals surface area contributed by atoms with Crippen molar-refractivity contribution in [3.8, 4) is 5.69 Å². The molecule has 9 heteroatoms. The minimum Gasteiger partial charge on any atom is -0.480 e. The molecule has 1 fully saturated rings. The molecule has 1 aromatic carbocycles. The van der Waals surface area contributed by atoms with Gasteiger partial charge in [0.1, 0.15) is 22.9 Å². The van der Waals surface area contributed by atoms with Crippen molar-refractivity contribution in [3.05, 3.63) is 41.7 Å². The number of benzene rings is 1. The number of hydrogen-bond donors (Lipinski definition) is 2. The summed E-state index contributed by atoms with van der Waals surface area (Å²) >= 11 is 1.66. The third kappa shape index (κ3) is 3.83. The van der Waals surface area contributed by atoms with Crippen LogP contribution in [0.2, 0.25) is 0 Å². The molecular formula is C18H21FN4O3S. The highest BCUT2D eigenvalue weighted by atomic mass is 32.2. The molecule has 1 aromatic heterocycles. The summed E-state index contributed by atoms with van der Waals surface area (Å²) in [5.74, 6) is -0.757. The van der Waals surface area contributed by atoms with Crippen molar-refractivity contribution in [2.75, 3.05) is 11.5 Å². The standard InChI is InChI=1S/C18H21FN4O3S/c1-11(2)15-20-14(22-23(15)13-6-4-3-5-12(13)19)16(24)21-18(17(25)26)7-9-27-10-8-18/h3-6,11H,7-10H2,1-2H3,(H,21,24)(H,25,26). The van der Waals surface area contributed by atoms with Crippen molar-refractivity contribution in [2.45, 2.75) is 38.1 Å².